The summed E-state index contributed by atoms with van der Waals surface area (Å²) in [4.78, 5) is 4.65. The molecule has 0 fully saturated rings. The van der Waals surface area contributed by atoms with Gasteiger partial charge in [0, 0.05) is 31.3 Å². The number of aromatic nitrogens is 2. The van der Waals surface area contributed by atoms with Gasteiger partial charge in [-0.2, -0.15) is 0 Å². The summed E-state index contributed by atoms with van der Waals surface area (Å²) in [5.74, 6) is 2.20. The molecule has 0 amide bonds. The molecule has 0 atom stereocenters. The van der Waals surface area contributed by atoms with Crippen molar-refractivity contribution >= 4 is 74.9 Å². The molecule has 2 heterocycles. The number of hydrogen-bond acceptors (Lipinski definition) is 2. The fourth-order valence-corrected chi connectivity index (χ4v) is 5.44. The van der Waals surface area contributed by atoms with Crippen LogP contribution < -0.4 is 14.4 Å². The van der Waals surface area contributed by atoms with Gasteiger partial charge in [-0.25, -0.2) is 9.13 Å². The van der Waals surface area contributed by atoms with Crippen LogP contribution in [-0.4, -0.2) is 17.7 Å². The van der Waals surface area contributed by atoms with Crippen molar-refractivity contribution in [1.29, 1.82) is 0 Å². The Morgan fingerprint density at radius 2 is 1.43 bits per heavy atom. The molecular weight excluding hydrogens is 522 g/mol. The van der Waals surface area contributed by atoms with Crippen LogP contribution in [0.5, 0.6) is 0 Å². The van der Waals surface area contributed by atoms with E-state index in [-0.39, 0.29) is 0 Å². The highest BCUT2D eigenvalue weighted by atomic mass is 35.5. The van der Waals surface area contributed by atoms with E-state index >= 15 is 0 Å². The van der Waals surface area contributed by atoms with Gasteiger partial charge >= 0.3 is 0 Å². The van der Waals surface area contributed by atoms with Crippen molar-refractivity contribution in [3.8, 4) is 0 Å². The number of unbranched alkanes of at least 4 members (excludes halogenated alkanes) is 2. The third kappa shape index (κ3) is 4.91. The average Bonchev–Trinajstić information content (AvgIpc) is 3.25. The summed E-state index contributed by atoms with van der Waals surface area (Å²) in [7, 11) is 2.05. The number of allylic oxidation sites excluding steroid dienone is 2. The van der Waals surface area contributed by atoms with E-state index in [0.29, 0.717) is 20.1 Å². The van der Waals surface area contributed by atoms with Gasteiger partial charge < -0.3 is 9.80 Å². The number of benzene rings is 2. The lowest BCUT2D eigenvalue weighted by Gasteiger charge is -2.24. The van der Waals surface area contributed by atoms with Crippen LogP contribution in [0.15, 0.2) is 42.2 Å². The average molecular weight is 553 g/mol. The van der Waals surface area contributed by atoms with Crippen molar-refractivity contribution in [2.75, 3.05) is 22.9 Å². The van der Waals surface area contributed by atoms with Gasteiger partial charge in [-0.1, -0.05) is 72.2 Å². The maximum atomic E-state index is 6.42. The Hall–Kier alpha value is -1.85. The second kappa shape index (κ2) is 11.0. The Labute approximate surface area is 227 Å². The summed E-state index contributed by atoms with van der Waals surface area (Å²) < 4.78 is 4.39. The Morgan fingerprint density at radius 1 is 0.800 bits per heavy atom. The Balaban J connectivity index is 1.76. The minimum absolute atomic E-state index is 0.558. The molecule has 0 aliphatic carbocycles. The molecule has 1 aromatic heterocycles. The quantitative estimate of drug-likeness (QED) is 0.205. The summed E-state index contributed by atoms with van der Waals surface area (Å²) >= 11 is 25.4. The summed E-state index contributed by atoms with van der Waals surface area (Å²) in [5.41, 5.74) is 4.30. The van der Waals surface area contributed by atoms with Gasteiger partial charge in [0.1, 0.15) is 5.82 Å². The second-order valence-electron chi connectivity index (χ2n) is 8.66. The molecule has 2 aromatic carbocycles. The number of fused-ring (bicyclic) bond motifs is 2. The molecule has 0 spiro atoms. The van der Waals surface area contributed by atoms with Gasteiger partial charge in [0.25, 0.3) is 5.82 Å². The molecule has 0 saturated carbocycles. The minimum atomic E-state index is 0.558. The smallest absolute Gasteiger partial charge is 0.282 e. The molecular formula is C27H31Cl4N4+. The highest BCUT2D eigenvalue weighted by Gasteiger charge is 2.31. The SMILES string of the molecule is CCCCCN1C(=CC=Cc2n(CC)c3cc(Cl)c(Cl)cc3[n+]2C)N(CC)c2cc(Cl)c(Cl)cc21. The van der Waals surface area contributed by atoms with E-state index in [4.69, 9.17) is 46.4 Å². The maximum Gasteiger partial charge on any atom is 0.282 e. The lowest BCUT2D eigenvalue weighted by molar-refractivity contribution is -0.647. The van der Waals surface area contributed by atoms with E-state index in [1.165, 1.54) is 12.8 Å². The number of halogens is 4. The van der Waals surface area contributed by atoms with Crippen LogP contribution >= 0.6 is 46.4 Å². The van der Waals surface area contributed by atoms with Crippen LogP contribution in [0.1, 0.15) is 45.9 Å². The standard InChI is InChI=1S/C27H31Cl4N4/c1-5-8-9-13-35-25-17-21(31)20(30)16-24(25)34(7-3)27(35)12-10-11-26-32(4)22-14-18(28)19(29)15-23(22)33(26)6-2/h10-12,14-17H,5-9,13H2,1-4H3/q+1. The van der Waals surface area contributed by atoms with Crippen LogP contribution in [0, 0.1) is 0 Å². The molecule has 1 aliphatic rings. The highest BCUT2D eigenvalue weighted by molar-refractivity contribution is 6.43. The van der Waals surface area contributed by atoms with Crippen molar-refractivity contribution in [1.82, 2.24) is 4.57 Å². The molecule has 0 radical (unpaired) electrons. The van der Waals surface area contributed by atoms with Crippen molar-refractivity contribution in [2.24, 2.45) is 7.05 Å². The monoisotopic (exact) mass is 551 g/mol. The van der Waals surface area contributed by atoms with Gasteiger partial charge in [-0.05, 0) is 38.5 Å². The van der Waals surface area contributed by atoms with Gasteiger partial charge in [-0.15, -0.1) is 0 Å². The highest BCUT2D eigenvalue weighted by Crippen LogP contribution is 2.45. The zero-order valence-corrected chi connectivity index (χ0v) is 23.6. The molecule has 0 N–H and O–H groups in total. The maximum absolute atomic E-state index is 6.42. The third-order valence-corrected chi connectivity index (χ3v) is 7.99. The number of anilines is 2. The molecule has 3 aromatic rings. The molecule has 8 heteroatoms. The normalized spacial score (nSPS) is 14.8. The van der Waals surface area contributed by atoms with Crippen molar-refractivity contribution in [3.05, 3.63) is 68.2 Å². The second-order valence-corrected chi connectivity index (χ2v) is 10.3. The first-order chi connectivity index (χ1) is 16.8. The first-order valence-corrected chi connectivity index (χ1v) is 13.6. The molecule has 0 bridgehead atoms. The lowest BCUT2D eigenvalue weighted by atomic mass is 10.2. The van der Waals surface area contributed by atoms with Gasteiger partial charge in [-0.3, -0.25) is 0 Å². The minimum Gasteiger partial charge on any atom is -0.326 e. The predicted molar refractivity (Wildman–Crippen MR) is 152 cm³/mol. The van der Waals surface area contributed by atoms with Crippen LogP contribution in [0.4, 0.5) is 11.4 Å². The van der Waals surface area contributed by atoms with E-state index in [1.807, 2.05) is 24.3 Å². The fourth-order valence-electron chi connectivity index (χ4n) is 4.81. The first-order valence-electron chi connectivity index (χ1n) is 12.1. The molecule has 1 aliphatic heterocycles. The van der Waals surface area contributed by atoms with Crippen LogP contribution in [0.2, 0.25) is 20.1 Å². The van der Waals surface area contributed by atoms with Crippen molar-refractivity contribution in [2.45, 2.75) is 46.6 Å². The van der Waals surface area contributed by atoms with Gasteiger partial charge in [0.15, 0.2) is 11.0 Å². The largest absolute Gasteiger partial charge is 0.326 e. The van der Waals surface area contributed by atoms with Crippen LogP contribution in [0.3, 0.4) is 0 Å². The Bertz CT molecular complexity index is 1310. The summed E-state index contributed by atoms with van der Waals surface area (Å²) in [6.45, 7) is 9.08. The number of rotatable bonds is 8. The summed E-state index contributed by atoms with van der Waals surface area (Å²) in [5, 5.41) is 2.27. The topological polar surface area (TPSA) is 15.3 Å². The number of hydrogen-bond donors (Lipinski definition) is 0. The zero-order chi connectivity index (χ0) is 25.3. The zero-order valence-electron chi connectivity index (χ0n) is 20.6. The molecule has 0 saturated heterocycles. The molecule has 4 rings (SSSR count). The molecule has 35 heavy (non-hydrogen) atoms. The lowest BCUT2D eigenvalue weighted by Crippen LogP contribution is -2.31. The van der Waals surface area contributed by atoms with E-state index < -0.39 is 0 Å². The first kappa shape index (κ1) is 26.2. The van der Waals surface area contributed by atoms with E-state index in [2.05, 4.69) is 65.0 Å². The number of imidazole rings is 1. The molecule has 186 valence electrons. The Kier molecular flexibility index (Phi) is 8.27. The van der Waals surface area contributed by atoms with Gasteiger partial charge in [0.2, 0.25) is 0 Å². The predicted octanol–water partition coefficient (Wildman–Crippen LogP) is 8.49. The fraction of sp³-hybridized carbons (Fsp3) is 0.370. The Morgan fingerprint density at radius 3 is 2.06 bits per heavy atom. The van der Waals surface area contributed by atoms with Gasteiger partial charge in [0.05, 0.1) is 45.1 Å². The van der Waals surface area contributed by atoms with E-state index in [9.17, 15) is 0 Å². The summed E-state index contributed by atoms with van der Waals surface area (Å²) in [6, 6.07) is 7.83. The van der Waals surface area contributed by atoms with E-state index in [1.54, 1.807) is 0 Å². The number of aryl methyl sites for hydroxylation is 2. The molecule has 0 unspecified atom stereocenters. The van der Waals surface area contributed by atoms with Crippen LogP contribution in [-0.2, 0) is 13.6 Å². The van der Waals surface area contributed by atoms with E-state index in [0.717, 1.165) is 60.1 Å². The van der Waals surface area contributed by atoms with Crippen LogP contribution in [0.25, 0.3) is 17.1 Å². The van der Waals surface area contributed by atoms with Crippen molar-refractivity contribution in [3.63, 3.8) is 0 Å². The number of nitrogens with zero attached hydrogens (tertiary/aromatic N) is 4. The molecule has 4 nitrogen and oxygen atoms in total. The summed E-state index contributed by atoms with van der Waals surface area (Å²) in [6.07, 6.45) is 9.89. The third-order valence-electron chi connectivity index (χ3n) is 6.55. The van der Waals surface area contributed by atoms with Crippen molar-refractivity contribution < 1.29 is 4.57 Å².